The monoisotopic (exact) mass is 491 g/mol. The number of thiol groups is 1. The molecule has 34 heavy (non-hydrogen) atoms. The molecule has 0 bridgehead atoms. The van der Waals surface area contributed by atoms with Gasteiger partial charge >= 0.3 is 0 Å². The number of ether oxygens (including phenoxy) is 1. The van der Waals surface area contributed by atoms with Crippen LogP contribution in [0.2, 0.25) is 0 Å². The third-order valence-corrected chi connectivity index (χ3v) is 9.14. The molecule has 0 spiro atoms. The highest BCUT2D eigenvalue weighted by Crippen LogP contribution is 2.48. The van der Waals surface area contributed by atoms with Crippen molar-refractivity contribution in [3.05, 3.63) is 64.7 Å². The van der Waals surface area contributed by atoms with Gasteiger partial charge in [-0.3, -0.25) is 0 Å². The highest BCUT2D eigenvalue weighted by Gasteiger charge is 2.40. The molecule has 2 aromatic carbocycles. The number of nitrogens with one attached hydrogen (secondary N) is 1. The van der Waals surface area contributed by atoms with Crippen molar-refractivity contribution in [3.63, 3.8) is 0 Å². The summed E-state index contributed by atoms with van der Waals surface area (Å²) in [4.78, 5) is 0. The van der Waals surface area contributed by atoms with Gasteiger partial charge in [0.25, 0.3) is 0 Å². The molecule has 190 valence electrons. The zero-order valence-electron chi connectivity index (χ0n) is 20.7. The molecule has 1 saturated heterocycles. The minimum Gasteiger partial charge on any atom is -0.494 e. The number of hydrogen-bond acceptors (Lipinski definition) is 6. The topological polar surface area (TPSA) is 102 Å². The molecule has 1 aliphatic heterocycles. The SMILES string of the molecule is Cc1ccc([C@H]2[C@H](O)[C@H](O)[C@H](O)C[SH]2C)cc1Cc1ccc(OCCCNC(C)(C)CO)cc1. The van der Waals surface area contributed by atoms with E-state index in [0.717, 1.165) is 30.7 Å². The number of aliphatic hydroxyl groups excluding tert-OH is 4. The second kappa shape index (κ2) is 11.9. The van der Waals surface area contributed by atoms with Gasteiger partial charge in [-0.05, 0) is 80.8 Å². The molecule has 0 amide bonds. The molecule has 6 nitrogen and oxygen atoms in total. The van der Waals surface area contributed by atoms with Crippen molar-refractivity contribution in [2.75, 3.05) is 31.8 Å². The number of rotatable bonds is 10. The van der Waals surface area contributed by atoms with Crippen LogP contribution in [-0.4, -0.2) is 76.0 Å². The Balaban J connectivity index is 1.59. The largest absolute Gasteiger partial charge is 0.494 e. The van der Waals surface area contributed by atoms with Gasteiger partial charge in [-0.2, -0.15) is 0 Å². The lowest BCUT2D eigenvalue weighted by Gasteiger charge is -2.42. The summed E-state index contributed by atoms with van der Waals surface area (Å²) in [7, 11) is -0.632. The summed E-state index contributed by atoms with van der Waals surface area (Å²) in [6, 6.07) is 14.4. The van der Waals surface area contributed by atoms with Gasteiger partial charge in [0.1, 0.15) is 11.9 Å². The van der Waals surface area contributed by atoms with Gasteiger partial charge in [0, 0.05) is 16.5 Å². The van der Waals surface area contributed by atoms with Crippen LogP contribution < -0.4 is 10.1 Å². The molecule has 1 fully saturated rings. The van der Waals surface area contributed by atoms with E-state index in [1.807, 2.05) is 32.0 Å². The van der Waals surface area contributed by atoms with Gasteiger partial charge in [-0.1, -0.05) is 30.3 Å². The van der Waals surface area contributed by atoms with E-state index in [0.29, 0.717) is 12.4 Å². The maximum atomic E-state index is 10.6. The van der Waals surface area contributed by atoms with Crippen molar-refractivity contribution in [1.82, 2.24) is 5.32 Å². The Morgan fingerprint density at radius 3 is 2.44 bits per heavy atom. The fourth-order valence-corrected chi connectivity index (χ4v) is 6.78. The summed E-state index contributed by atoms with van der Waals surface area (Å²) < 4.78 is 5.85. The lowest BCUT2D eigenvalue weighted by Crippen LogP contribution is -2.47. The molecule has 7 heteroatoms. The zero-order valence-corrected chi connectivity index (χ0v) is 21.6. The smallest absolute Gasteiger partial charge is 0.119 e. The van der Waals surface area contributed by atoms with Crippen LogP contribution in [0, 0.1) is 6.92 Å². The first-order valence-corrected chi connectivity index (χ1v) is 14.1. The van der Waals surface area contributed by atoms with Crippen LogP contribution in [0.1, 0.15) is 47.8 Å². The molecule has 1 heterocycles. The molecule has 1 unspecified atom stereocenters. The molecule has 1 aliphatic rings. The predicted molar refractivity (Wildman–Crippen MR) is 140 cm³/mol. The lowest BCUT2D eigenvalue weighted by atomic mass is 9.94. The highest BCUT2D eigenvalue weighted by atomic mass is 32.2. The minimum absolute atomic E-state index is 0.101. The molecule has 5 N–H and O–H groups in total. The number of benzene rings is 2. The van der Waals surface area contributed by atoms with Gasteiger partial charge in [-0.15, -0.1) is 0 Å². The van der Waals surface area contributed by atoms with Crippen molar-refractivity contribution in [3.8, 4) is 5.75 Å². The van der Waals surface area contributed by atoms with Crippen LogP contribution in [0.3, 0.4) is 0 Å². The molecule has 5 atom stereocenters. The van der Waals surface area contributed by atoms with Crippen LogP contribution in [0.15, 0.2) is 42.5 Å². The van der Waals surface area contributed by atoms with E-state index in [1.54, 1.807) is 0 Å². The van der Waals surface area contributed by atoms with Gasteiger partial charge in [0.2, 0.25) is 0 Å². The summed E-state index contributed by atoms with van der Waals surface area (Å²) in [6.07, 6.45) is 0.817. The van der Waals surface area contributed by atoms with Crippen LogP contribution in [0.5, 0.6) is 5.75 Å². The van der Waals surface area contributed by atoms with E-state index in [-0.39, 0.29) is 17.4 Å². The van der Waals surface area contributed by atoms with Gasteiger partial charge in [-0.25, -0.2) is 10.9 Å². The van der Waals surface area contributed by atoms with Crippen LogP contribution >= 0.6 is 10.9 Å². The normalized spacial score (nSPS) is 26.4. The summed E-state index contributed by atoms with van der Waals surface area (Å²) >= 11 is 0. The van der Waals surface area contributed by atoms with E-state index in [9.17, 15) is 20.4 Å². The molecule has 0 saturated carbocycles. The average Bonchev–Trinajstić information content (AvgIpc) is 2.80. The first-order valence-electron chi connectivity index (χ1n) is 12.0. The Morgan fingerprint density at radius 2 is 1.76 bits per heavy atom. The van der Waals surface area contributed by atoms with Gasteiger partial charge in [0.15, 0.2) is 0 Å². The second-order valence-electron chi connectivity index (χ2n) is 10.1. The molecule has 0 aromatic heterocycles. The molecular formula is C27H41NO5S. The predicted octanol–water partition coefficient (Wildman–Crippen LogP) is 2.48. The Bertz CT molecular complexity index is 920. The average molecular weight is 492 g/mol. The van der Waals surface area contributed by atoms with E-state index in [1.165, 1.54) is 16.7 Å². The standard InChI is InChI=1S/C27H41NO5S/c1-18-6-9-20(26-25(32)24(31)23(30)16-34(26)4)15-21(18)14-19-7-10-22(11-8-19)33-13-5-12-28-27(2,3)17-29/h6-11,15,23-26,28-32,34H,5,12-14,16-17H2,1-4H3/t23-,24-,25-,26+/m1/s1. The summed E-state index contributed by atoms with van der Waals surface area (Å²) in [5.41, 5.74) is 4.32. The zero-order chi connectivity index (χ0) is 24.9. The van der Waals surface area contributed by atoms with Crippen molar-refractivity contribution >= 4 is 10.9 Å². The first kappa shape index (κ1) is 27.0. The molecular weight excluding hydrogens is 450 g/mol. The summed E-state index contributed by atoms with van der Waals surface area (Å²) in [5.74, 6) is 1.38. The summed E-state index contributed by atoms with van der Waals surface area (Å²) in [5, 5.41) is 43.3. The van der Waals surface area contributed by atoms with Gasteiger partial charge in [0.05, 0.1) is 25.4 Å². The molecule has 2 aromatic rings. The number of aryl methyl sites for hydroxylation is 1. The van der Waals surface area contributed by atoms with Crippen molar-refractivity contribution in [1.29, 1.82) is 0 Å². The maximum absolute atomic E-state index is 10.6. The van der Waals surface area contributed by atoms with E-state index in [2.05, 4.69) is 42.8 Å². The van der Waals surface area contributed by atoms with E-state index in [4.69, 9.17) is 4.74 Å². The minimum atomic E-state index is -1.10. The molecule has 0 aliphatic carbocycles. The van der Waals surface area contributed by atoms with E-state index < -0.39 is 29.2 Å². The highest BCUT2D eigenvalue weighted by molar-refractivity contribution is 8.16. The summed E-state index contributed by atoms with van der Waals surface area (Å²) in [6.45, 7) is 7.52. The van der Waals surface area contributed by atoms with Crippen molar-refractivity contribution in [2.24, 2.45) is 0 Å². The first-order chi connectivity index (χ1) is 16.1. The van der Waals surface area contributed by atoms with Crippen LogP contribution in [0.25, 0.3) is 0 Å². The Hall–Kier alpha value is -1.61. The number of hydrogen-bond donors (Lipinski definition) is 6. The second-order valence-corrected chi connectivity index (χ2v) is 12.5. The quantitative estimate of drug-likeness (QED) is 0.226. The van der Waals surface area contributed by atoms with Crippen LogP contribution in [0.4, 0.5) is 0 Å². The Morgan fingerprint density at radius 1 is 1.06 bits per heavy atom. The molecule has 0 radical (unpaired) electrons. The van der Waals surface area contributed by atoms with E-state index >= 15 is 0 Å². The third-order valence-electron chi connectivity index (χ3n) is 6.64. The Kier molecular flexibility index (Phi) is 9.43. The number of aliphatic hydroxyl groups is 4. The third kappa shape index (κ3) is 6.97. The molecule has 3 rings (SSSR count). The fraction of sp³-hybridized carbons (Fsp3) is 0.556. The van der Waals surface area contributed by atoms with Crippen LogP contribution in [-0.2, 0) is 6.42 Å². The van der Waals surface area contributed by atoms with Crippen molar-refractivity contribution < 1.29 is 25.2 Å². The lowest BCUT2D eigenvalue weighted by molar-refractivity contribution is -0.0561. The Labute approximate surface area is 206 Å². The van der Waals surface area contributed by atoms with Crippen molar-refractivity contribution in [2.45, 2.75) is 62.7 Å². The fourth-order valence-electron chi connectivity index (χ4n) is 4.38. The maximum Gasteiger partial charge on any atom is 0.119 e. The van der Waals surface area contributed by atoms with Gasteiger partial charge < -0.3 is 30.5 Å².